The second-order valence-corrected chi connectivity index (χ2v) is 4.85. The number of hydrogen-bond donors (Lipinski definition) is 1. The second-order valence-electron chi connectivity index (χ2n) is 4.47. The zero-order chi connectivity index (χ0) is 15.6. The van der Waals surface area contributed by atoms with Gasteiger partial charge in [-0.15, -0.1) is 0 Å². The van der Waals surface area contributed by atoms with E-state index >= 15 is 0 Å². The number of halogens is 1. The van der Waals surface area contributed by atoms with Crippen LogP contribution in [-0.4, -0.2) is 22.9 Å². The van der Waals surface area contributed by atoms with Crippen molar-refractivity contribution in [3.05, 3.63) is 40.2 Å². The van der Waals surface area contributed by atoms with Crippen molar-refractivity contribution in [1.29, 1.82) is 0 Å². The normalized spacial score (nSPS) is 10.5. The number of rotatable bonds is 4. The van der Waals surface area contributed by atoms with Crippen molar-refractivity contribution in [2.45, 2.75) is 13.5 Å². The highest BCUT2D eigenvalue weighted by Gasteiger charge is 2.17. The summed E-state index contributed by atoms with van der Waals surface area (Å²) in [5.41, 5.74) is 7.67. The molecule has 21 heavy (non-hydrogen) atoms. The van der Waals surface area contributed by atoms with E-state index in [-0.39, 0.29) is 17.9 Å². The molecule has 0 atom stereocenters. The SMILES string of the molecule is COc1cccc(C(=O)OCc2c(Cl)c(C)nn2C)c1N. The minimum absolute atomic E-state index is 0.0195. The standard InChI is InChI=1S/C14H16ClN3O3/c1-8-12(15)10(18(2)17-8)7-21-14(19)9-5-4-6-11(20-3)13(9)16/h4-6H,7,16H2,1-3H3. The number of nitrogens with two attached hydrogens (primary N) is 1. The summed E-state index contributed by atoms with van der Waals surface area (Å²) >= 11 is 6.10. The molecule has 0 aliphatic rings. The molecular formula is C14H16ClN3O3. The number of para-hydroxylation sites is 1. The number of anilines is 1. The van der Waals surface area contributed by atoms with Crippen LogP contribution in [0.1, 0.15) is 21.7 Å². The van der Waals surface area contributed by atoms with Crippen LogP contribution in [0.5, 0.6) is 5.75 Å². The number of methoxy groups -OCH3 is 1. The van der Waals surface area contributed by atoms with Crippen LogP contribution in [0, 0.1) is 6.92 Å². The number of aryl methyl sites for hydroxylation is 2. The first-order chi connectivity index (χ1) is 9.95. The van der Waals surface area contributed by atoms with E-state index in [4.69, 9.17) is 26.8 Å². The van der Waals surface area contributed by atoms with E-state index < -0.39 is 5.97 Å². The Morgan fingerprint density at radius 1 is 1.48 bits per heavy atom. The molecule has 1 aromatic heterocycles. The van der Waals surface area contributed by atoms with Gasteiger partial charge in [0.05, 0.1) is 34.8 Å². The fourth-order valence-corrected chi connectivity index (χ4v) is 2.16. The zero-order valence-electron chi connectivity index (χ0n) is 12.0. The number of esters is 1. The van der Waals surface area contributed by atoms with Gasteiger partial charge in [-0.1, -0.05) is 17.7 Å². The Bertz CT molecular complexity index is 682. The molecule has 0 amide bonds. The van der Waals surface area contributed by atoms with Crippen LogP contribution in [0.25, 0.3) is 0 Å². The van der Waals surface area contributed by atoms with E-state index in [0.717, 1.165) is 0 Å². The summed E-state index contributed by atoms with van der Waals surface area (Å²) < 4.78 is 11.9. The summed E-state index contributed by atoms with van der Waals surface area (Å²) in [7, 11) is 3.22. The Morgan fingerprint density at radius 3 is 2.76 bits per heavy atom. The molecule has 0 unspecified atom stereocenters. The van der Waals surface area contributed by atoms with E-state index in [1.165, 1.54) is 7.11 Å². The Morgan fingerprint density at radius 2 is 2.19 bits per heavy atom. The highest BCUT2D eigenvalue weighted by atomic mass is 35.5. The molecule has 2 rings (SSSR count). The van der Waals surface area contributed by atoms with Gasteiger partial charge in [0, 0.05) is 7.05 Å². The van der Waals surface area contributed by atoms with Gasteiger partial charge in [0.2, 0.25) is 0 Å². The number of aromatic nitrogens is 2. The highest BCUT2D eigenvalue weighted by Crippen LogP contribution is 2.26. The van der Waals surface area contributed by atoms with Crippen molar-refractivity contribution in [2.24, 2.45) is 7.05 Å². The van der Waals surface area contributed by atoms with Gasteiger partial charge in [-0.05, 0) is 19.1 Å². The van der Waals surface area contributed by atoms with Gasteiger partial charge >= 0.3 is 5.97 Å². The monoisotopic (exact) mass is 309 g/mol. The van der Waals surface area contributed by atoms with Gasteiger partial charge in [0.25, 0.3) is 0 Å². The average molecular weight is 310 g/mol. The molecule has 0 saturated heterocycles. The van der Waals surface area contributed by atoms with Gasteiger partial charge < -0.3 is 15.2 Å². The molecule has 7 heteroatoms. The van der Waals surface area contributed by atoms with Crippen LogP contribution >= 0.6 is 11.6 Å². The van der Waals surface area contributed by atoms with E-state index in [1.807, 2.05) is 0 Å². The number of ether oxygens (including phenoxy) is 2. The lowest BCUT2D eigenvalue weighted by atomic mass is 10.1. The first-order valence-corrected chi connectivity index (χ1v) is 6.61. The smallest absolute Gasteiger partial charge is 0.340 e. The van der Waals surface area contributed by atoms with Crippen molar-refractivity contribution < 1.29 is 14.3 Å². The maximum absolute atomic E-state index is 12.1. The predicted octanol–water partition coefficient (Wildman–Crippen LogP) is 2.33. The molecular weight excluding hydrogens is 294 g/mol. The molecule has 0 fully saturated rings. The van der Waals surface area contributed by atoms with Crippen LogP contribution in [0.3, 0.4) is 0 Å². The van der Waals surface area contributed by atoms with Crippen molar-refractivity contribution in [1.82, 2.24) is 9.78 Å². The van der Waals surface area contributed by atoms with Crippen molar-refractivity contribution in [2.75, 3.05) is 12.8 Å². The summed E-state index contributed by atoms with van der Waals surface area (Å²) in [4.78, 5) is 12.1. The maximum Gasteiger partial charge on any atom is 0.340 e. The first kappa shape index (κ1) is 15.2. The molecule has 1 heterocycles. The summed E-state index contributed by atoms with van der Waals surface area (Å²) in [6.45, 7) is 1.80. The third kappa shape index (κ3) is 2.95. The fraction of sp³-hybridized carbons (Fsp3) is 0.286. The lowest BCUT2D eigenvalue weighted by Gasteiger charge is -2.10. The van der Waals surface area contributed by atoms with Crippen LogP contribution in [-0.2, 0) is 18.4 Å². The minimum Gasteiger partial charge on any atom is -0.495 e. The number of nitrogen functional groups attached to an aromatic ring is 1. The quantitative estimate of drug-likeness (QED) is 0.692. The Labute approximate surface area is 127 Å². The van der Waals surface area contributed by atoms with Crippen LogP contribution in [0.4, 0.5) is 5.69 Å². The minimum atomic E-state index is -0.540. The molecule has 0 saturated carbocycles. The lowest BCUT2D eigenvalue weighted by molar-refractivity contribution is 0.0464. The van der Waals surface area contributed by atoms with Gasteiger partial charge in [0.1, 0.15) is 12.4 Å². The zero-order valence-corrected chi connectivity index (χ0v) is 12.8. The van der Waals surface area contributed by atoms with Gasteiger partial charge in [-0.3, -0.25) is 4.68 Å². The van der Waals surface area contributed by atoms with E-state index in [0.29, 0.717) is 22.2 Å². The molecule has 0 aliphatic heterocycles. The fourth-order valence-electron chi connectivity index (χ4n) is 1.95. The Hall–Kier alpha value is -2.21. The summed E-state index contributed by atoms with van der Waals surface area (Å²) in [6.07, 6.45) is 0. The second kappa shape index (κ2) is 6.05. The van der Waals surface area contributed by atoms with E-state index in [2.05, 4.69) is 5.10 Å². The predicted molar refractivity (Wildman–Crippen MR) is 79.5 cm³/mol. The van der Waals surface area contributed by atoms with E-state index in [1.54, 1.807) is 36.9 Å². The molecule has 1 aromatic carbocycles. The van der Waals surface area contributed by atoms with Crippen LogP contribution in [0.2, 0.25) is 5.02 Å². The Kier molecular flexibility index (Phi) is 4.37. The van der Waals surface area contributed by atoms with Crippen molar-refractivity contribution in [3.8, 4) is 5.75 Å². The lowest BCUT2D eigenvalue weighted by Crippen LogP contribution is -2.11. The van der Waals surface area contributed by atoms with Crippen molar-refractivity contribution in [3.63, 3.8) is 0 Å². The van der Waals surface area contributed by atoms with E-state index in [9.17, 15) is 4.79 Å². The van der Waals surface area contributed by atoms with Crippen LogP contribution < -0.4 is 10.5 Å². The number of carbonyl (C=O) groups excluding carboxylic acids is 1. The average Bonchev–Trinajstić information content (AvgIpc) is 2.70. The third-order valence-corrected chi connectivity index (χ3v) is 3.60. The molecule has 0 spiro atoms. The van der Waals surface area contributed by atoms with Crippen molar-refractivity contribution >= 4 is 23.3 Å². The molecule has 2 aromatic rings. The maximum atomic E-state index is 12.1. The third-order valence-electron chi connectivity index (χ3n) is 3.11. The largest absolute Gasteiger partial charge is 0.495 e. The summed E-state index contributed by atoms with van der Waals surface area (Å²) in [5, 5.41) is 4.64. The van der Waals surface area contributed by atoms with Gasteiger partial charge in [-0.25, -0.2) is 4.79 Å². The molecule has 0 aliphatic carbocycles. The number of hydrogen-bond acceptors (Lipinski definition) is 5. The number of carbonyl (C=O) groups is 1. The van der Waals surface area contributed by atoms with Crippen LogP contribution in [0.15, 0.2) is 18.2 Å². The molecule has 112 valence electrons. The molecule has 0 radical (unpaired) electrons. The molecule has 6 nitrogen and oxygen atoms in total. The highest BCUT2D eigenvalue weighted by molar-refractivity contribution is 6.31. The first-order valence-electron chi connectivity index (χ1n) is 6.23. The summed E-state index contributed by atoms with van der Waals surface area (Å²) in [5.74, 6) is -0.111. The number of benzene rings is 1. The molecule has 0 bridgehead atoms. The van der Waals surface area contributed by atoms with Gasteiger partial charge in [-0.2, -0.15) is 5.10 Å². The number of nitrogens with zero attached hydrogens (tertiary/aromatic N) is 2. The topological polar surface area (TPSA) is 79.4 Å². The molecule has 2 N–H and O–H groups in total. The summed E-state index contributed by atoms with van der Waals surface area (Å²) in [6, 6.07) is 4.93. The Balaban J connectivity index is 2.16. The van der Waals surface area contributed by atoms with Gasteiger partial charge in [0.15, 0.2) is 0 Å².